The molecule has 26 heteroatoms. The molecule has 2 aromatic heterocycles. The Labute approximate surface area is 437 Å². The van der Waals surface area contributed by atoms with Crippen LogP contribution in [-0.4, -0.2) is 131 Å². The molecule has 4 aliphatic rings. The Hall–Kier alpha value is -6.93. The summed E-state index contributed by atoms with van der Waals surface area (Å²) in [5.74, 6) is -4.41. The summed E-state index contributed by atoms with van der Waals surface area (Å²) in [4.78, 5) is 68.2. The van der Waals surface area contributed by atoms with Crippen LogP contribution in [0.1, 0.15) is 105 Å². The first-order chi connectivity index (χ1) is 34.4. The van der Waals surface area contributed by atoms with Crippen LogP contribution in [0.2, 0.25) is 0 Å². The summed E-state index contributed by atoms with van der Waals surface area (Å²) in [6.07, 6.45) is 0.718. The zero-order chi connectivity index (χ0) is 54.6. The van der Waals surface area contributed by atoms with E-state index < -0.39 is 87.1 Å². The molecule has 2 unspecified atom stereocenters. The van der Waals surface area contributed by atoms with Gasteiger partial charge >= 0.3 is 6.09 Å². The SMILES string of the molecule is C.CC(=O)N1CCC2(C1)[C@@](C)(c1cc(CC(=O)c3ccc(F)cn3)ccc1F)N=C(N)N(C)S2(=O)=O.CN1C(NC(=O)OC(C)(C)C)=N[C@](C)(c2cc(CC(=O)c3ccc(F)cn3)ccc2F)C2(CCNC2)S1(=O)=O.F. The highest BCUT2D eigenvalue weighted by molar-refractivity contribution is 7.91. The molecule has 2 amide bonds. The maximum atomic E-state index is 15.6. The molecule has 6 heterocycles. The first-order valence-electron chi connectivity index (χ1n) is 23.2. The van der Waals surface area contributed by atoms with Gasteiger partial charge in [0, 0.05) is 64.6 Å². The van der Waals surface area contributed by atoms with Crippen molar-refractivity contribution in [2.45, 2.75) is 101 Å². The third-order valence-corrected chi connectivity index (χ3v) is 19.3. The molecule has 4 aromatic rings. The molecule has 76 heavy (non-hydrogen) atoms. The summed E-state index contributed by atoms with van der Waals surface area (Å²) in [7, 11) is -5.83. The molecule has 2 saturated heterocycles. The summed E-state index contributed by atoms with van der Waals surface area (Å²) < 4.78 is 116. The number of hydrogen-bond donors (Lipinski definition) is 3. The van der Waals surface area contributed by atoms with Crippen molar-refractivity contribution in [1.29, 1.82) is 0 Å². The van der Waals surface area contributed by atoms with Gasteiger partial charge in [-0.3, -0.25) is 34.4 Å². The summed E-state index contributed by atoms with van der Waals surface area (Å²) in [5.41, 5.74) is 2.46. The minimum absolute atomic E-state index is 0. The van der Waals surface area contributed by atoms with Gasteiger partial charge in [-0.1, -0.05) is 19.6 Å². The minimum atomic E-state index is -4.20. The molecule has 2 fully saturated rings. The molecule has 0 saturated carbocycles. The van der Waals surface area contributed by atoms with Crippen molar-refractivity contribution >= 4 is 55.5 Å². The molecular weight excluding hydrogens is 1040 g/mol. The number of rotatable bonds is 8. The molecule has 2 aromatic carbocycles. The number of aromatic nitrogens is 2. The van der Waals surface area contributed by atoms with E-state index in [0.717, 1.165) is 45.3 Å². The van der Waals surface area contributed by atoms with Gasteiger partial charge in [0.05, 0.1) is 12.4 Å². The Balaban J connectivity index is 0.000000275. The zero-order valence-corrected chi connectivity index (χ0v) is 43.8. The van der Waals surface area contributed by atoms with Gasteiger partial charge in [-0.25, -0.2) is 57.8 Å². The van der Waals surface area contributed by atoms with Crippen molar-refractivity contribution in [3.05, 3.63) is 130 Å². The van der Waals surface area contributed by atoms with E-state index in [0.29, 0.717) is 17.7 Å². The number of aliphatic imine (C=N–C) groups is 2. The van der Waals surface area contributed by atoms with Gasteiger partial charge in [-0.05, 0) is 114 Å². The number of benzene rings is 2. The van der Waals surface area contributed by atoms with E-state index >= 15 is 8.78 Å². The number of halogens is 5. The zero-order valence-electron chi connectivity index (χ0n) is 42.2. The van der Waals surface area contributed by atoms with Crippen molar-refractivity contribution in [3.8, 4) is 0 Å². The largest absolute Gasteiger partial charge is 0.444 e. The van der Waals surface area contributed by atoms with Crippen LogP contribution in [0.25, 0.3) is 0 Å². The Morgan fingerprint density at radius 3 is 1.66 bits per heavy atom. The summed E-state index contributed by atoms with van der Waals surface area (Å²) in [6.45, 7) is 9.60. The normalized spacial score (nSPS) is 24.3. The number of guanidine groups is 2. The van der Waals surface area contributed by atoms with Crippen molar-refractivity contribution < 1.29 is 63.0 Å². The third kappa shape index (κ3) is 10.6. The predicted molar refractivity (Wildman–Crippen MR) is 273 cm³/mol. The number of carbonyl (C=O) groups excluding carboxylic acids is 4. The lowest BCUT2D eigenvalue weighted by atomic mass is 9.77. The van der Waals surface area contributed by atoms with Crippen LogP contribution in [0.4, 0.5) is 27.1 Å². The number of ketones is 2. The fraction of sp³-hybridized carbons (Fsp3) is 0.440. The van der Waals surface area contributed by atoms with Crippen molar-refractivity contribution in [2.75, 3.05) is 40.3 Å². The molecule has 0 aliphatic carbocycles. The highest BCUT2D eigenvalue weighted by Gasteiger charge is 2.67. The van der Waals surface area contributed by atoms with Crippen LogP contribution in [0.3, 0.4) is 0 Å². The molecule has 412 valence electrons. The Morgan fingerprint density at radius 2 is 1.24 bits per heavy atom. The molecule has 0 radical (unpaired) electrons. The number of nitrogens with two attached hydrogens (primary N) is 1. The number of Topliss-reactive ketones (excluding diaryl/α,β-unsaturated/α-hetero) is 2. The topological polar surface area (TPSA) is 256 Å². The van der Waals surface area contributed by atoms with E-state index in [-0.39, 0.29) is 97.8 Å². The first kappa shape index (κ1) is 59.9. The molecular formula is C50H61F5N10O9S2. The standard InChI is InChI=1S/C26H31F2N5O5S.C23H25F2N5O4S.CH4.FH/c1-24(2,3)38-23(35)31-22-32-25(4,26(10-11-29-15-26)39(36,37)33(22)5)18-12-16(6-8-19(18)28)13-21(34)20-9-7-17(27)14-30-20;1-14(31)30-9-8-23(13-30)22(2,28-21(26)29(3)35(23,33)34)17-10-15(4-6-18(17)25)11-20(32)19-7-5-16(24)12-27-19;;/h6-9,12,14,29H,10-11,13,15H2,1-5H3,(H,31,32,35);4-7,10,12H,8-9,11,13H2,1-3H3,(H2,26,28);1H4;1H/t25-,26?;22-,23?;;/m11../s1. The fourth-order valence-corrected chi connectivity index (χ4v) is 14.1. The van der Waals surface area contributed by atoms with Crippen LogP contribution in [0, 0.1) is 23.3 Å². The molecule has 0 bridgehead atoms. The molecule has 8 rings (SSSR count). The van der Waals surface area contributed by atoms with Crippen LogP contribution < -0.4 is 16.4 Å². The number of nitrogens with one attached hydrogen (secondary N) is 2. The summed E-state index contributed by atoms with van der Waals surface area (Å²) in [5, 5.41) is 5.46. The van der Waals surface area contributed by atoms with Crippen LogP contribution in [0.5, 0.6) is 0 Å². The number of nitrogens with zero attached hydrogens (tertiary/aromatic N) is 7. The Morgan fingerprint density at radius 1 is 0.750 bits per heavy atom. The number of hydrogen-bond acceptors (Lipinski definition) is 15. The second-order valence-corrected chi connectivity index (χ2v) is 24.3. The van der Waals surface area contributed by atoms with E-state index in [1.165, 1.54) is 76.2 Å². The second-order valence-electron chi connectivity index (χ2n) is 19.8. The fourth-order valence-electron chi connectivity index (χ4n) is 9.87. The number of amides is 2. The van der Waals surface area contributed by atoms with Crippen LogP contribution in [0.15, 0.2) is 83.0 Å². The van der Waals surface area contributed by atoms with Crippen LogP contribution >= 0.6 is 0 Å². The van der Waals surface area contributed by atoms with E-state index in [1.807, 2.05) is 0 Å². The van der Waals surface area contributed by atoms with Gasteiger partial charge in [-0.2, -0.15) is 0 Å². The van der Waals surface area contributed by atoms with E-state index in [2.05, 4.69) is 30.6 Å². The van der Waals surface area contributed by atoms with Gasteiger partial charge in [-0.15, -0.1) is 0 Å². The molecule has 4 N–H and O–H groups in total. The lowest BCUT2D eigenvalue weighted by Crippen LogP contribution is -2.66. The van der Waals surface area contributed by atoms with Crippen molar-refractivity contribution in [1.82, 2.24) is 34.1 Å². The van der Waals surface area contributed by atoms with Gasteiger partial charge in [0.1, 0.15) is 60.8 Å². The third-order valence-electron chi connectivity index (χ3n) is 14.0. The monoisotopic (exact) mass is 1100 g/mol. The second kappa shape index (κ2) is 21.6. The van der Waals surface area contributed by atoms with E-state index in [1.54, 1.807) is 20.8 Å². The van der Waals surface area contributed by atoms with Crippen molar-refractivity contribution in [3.63, 3.8) is 0 Å². The smallest absolute Gasteiger partial charge is 0.414 e. The highest BCUT2D eigenvalue weighted by atomic mass is 32.2. The average Bonchev–Trinajstić information content (AvgIpc) is 4.03. The lowest BCUT2D eigenvalue weighted by Gasteiger charge is -2.49. The maximum absolute atomic E-state index is 15.6. The number of pyridine rings is 2. The highest BCUT2D eigenvalue weighted by Crippen LogP contribution is 2.52. The van der Waals surface area contributed by atoms with Crippen molar-refractivity contribution in [2.24, 2.45) is 15.7 Å². The average molecular weight is 1110 g/mol. The van der Waals surface area contributed by atoms with Gasteiger partial charge in [0.25, 0.3) is 0 Å². The Kier molecular flexibility index (Phi) is 17.0. The quantitative estimate of drug-likeness (QED) is 0.151. The first-order valence-corrected chi connectivity index (χ1v) is 26.1. The predicted octanol–water partition coefficient (Wildman–Crippen LogP) is 5.26. The van der Waals surface area contributed by atoms with E-state index in [4.69, 9.17) is 10.5 Å². The lowest BCUT2D eigenvalue weighted by molar-refractivity contribution is -0.127. The molecule has 4 atom stereocenters. The number of likely N-dealkylation sites (tertiary alicyclic amines) is 1. The van der Waals surface area contributed by atoms with E-state index in [9.17, 15) is 44.8 Å². The summed E-state index contributed by atoms with van der Waals surface area (Å²) in [6, 6.07) is 12.7. The minimum Gasteiger partial charge on any atom is -0.444 e. The molecule has 19 nitrogen and oxygen atoms in total. The summed E-state index contributed by atoms with van der Waals surface area (Å²) >= 11 is 0. The van der Waals surface area contributed by atoms with Crippen LogP contribution in [-0.2, 0) is 53.5 Å². The van der Waals surface area contributed by atoms with Gasteiger partial charge < -0.3 is 20.7 Å². The molecule has 2 spiro atoms. The number of sulfonamides is 2. The molecule has 4 aliphatic heterocycles. The number of carbonyl (C=O) groups is 4. The number of ether oxygens (including phenoxy) is 1. The van der Waals surface area contributed by atoms with Gasteiger partial charge in [0.2, 0.25) is 37.9 Å². The Bertz CT molecular complexity index is 3210. The number of alkyl carbamates (subject to hydrolysis) is 1. The maximum Gasteiger partial charge on any atom is 0.414 e. The van der Waals surface area contributed by atoms with Gasteiger partial charge in [0.15, 0.2) is 11.6 Å².